The molecule has 4 aromatic carbocycles. The number of benzene rings is 4. The topological polar surface area (TPSA) is 0 Å². The fourth-order valence-corrected chi connectivity index (χ4v) is 8.37. The molecular weight excluding hydrogens is 703 g/mol. The van der Waals surface area contributed by atoms with E-state index in [1.54, 1.807) is 27.4 Å². The Labute approximate surface area is 316 Å². The summed E-state index contributed by atoms with van der Waals surface area (Å²) in [6.45, 7) is 13.7. The van der Waals surface area contributed by atoms with Gasteiger partial charge in [-0.2, -0.15) is 11.6 Å². The Morgan fingerprint density at radius 1 is 0.708 bits per heavy atom. The Morgan fingerprint density at radius 3 is 1.75 bits per heavy atom. The van der Waals surface area contributed by atoms with Gasteiger partial charge < -0.3 is 24.8 Å². The van der Waals surface area contributed by atoms with E-state index >= 15 is 0 Å². The molecule has 0 amide bonds. The molecule has 48 heavy (non-hydrogen) atoms. The van der Waals surface area contributed by atoms with Crippen molar-refractivity contribution >= 4 is 14.4 Å². The van der Waals surface area contributed by atoms with Gasteiger partial charge in [0.25, 0.3) is 0 Å². The number of fused-ring (bicyclic) bond motifs is 5. The average molecular weight is 747 g/mol. The standard InChI is InChI=1S/C25H25.C15H14.C5H5.2ClH.Zr/c1-14-12-24(3,4)22-8-16-7-17-9-23-19(15(2)13-25(23,5)6)11-21(17)20(16)10-18(14)22;1-3-8-14(9-4-1)12-7-13-15-10-5-2-6-11-15;1-2-4-5-3-1;;;/h8-12H,7H2,1-6H3;1-6,8-11H,12-13H2;1-3H,4H2;2*1H;/q-1;;-1;;;+2/p-2. The molecule has 0 fully saturated rings. The molecule has 0 aromatic heterocycles. The molecule has 0 spiro atoms. The van der Waals surface area contributed by atoms with Crippen LogP contribution in [-0.2, 0) is 54.3 Å². The van der Waals surface area contributed by atoms with Gasteiger partial charge in [0.15, 0.2) is 0 Å². The van der Waals surface area contributed by atoms with Gasteiger partial charge in [-0.1, -0.05) is 58.2 Å². The Morgan fingerprint density at radius 2 is 1.25 bits per heavy atom. The third-order valence-corrected chi connectivity index (χ3v) is 10.4. The Kier molecular flexibility index (Phi) is 12.5. The van der Waals surface area contributed by atoms with Crippen LogP contribution in [0.5, 0.6) is 0 Å². The molecule has 0 heterocycles. The molecule has 0 atom stereocenters. The summed E-state index contributed by atoms with van der Waals surface area (Å²) in [5, 5.41) is 0. The molecule has 0 nitrogen and oxygen atoms in total. The molecule has 0 aliphatic heterocycles. The minimum absolute atomic E-state index is 0. The number of rotatable bonds is 4. The molecule has 3 heteroatoms. The molecule has 0 saturated carbocycles. The Balaban J connectivity index is 0.000000195. The molecule has 0 unspecified atom stereocenters. The number of hydrogen-bond donors (Lipinski definition) is 0. The van der Waals surface area contributed by atoms with Crippen molar-refractivity contribution in [1.82, 2.24) is 0 Å². The van der Waals surface area contributed by atoms with Crippen molar-refractivity contribution in [1.29, 1.82) is 0 Å². The van der Waals surface area contributed by atoms with E-state index in [-0.39, 0.29) is 35.6 Å². The zero-order valence-electron chi connectivity index (χ0n) is 29.0. The molecule has 4 aliphatic carbocycles. The van der Waals surface area contributed by atoms with Crippen molar-refractivity contribution in [2.75, 3.05) is 0 Å². The van der Waals surface area contributed by atoms with E-state index in [2.05, 4.69) is 151 Å². The Bertz CT molecular complexity index is 1770. The summed E-state index contributed by atoms with van der Waals surface area (Å²) in [7, 11) is 0. The van der Waals surface area contributed by atoms with Gasteiger partial charge in [0.2, 0.25) is 0 Å². The van der Waals surface area contributed by atoms with E-state index < -0.39 is 0 Å². The average Bonchev–Trinajstić information content (AvgIpc) is 3.80. The monoisotopic (exact) mass is 744 g/mol. The maximum atomic E-state index is 3.65. The molecule has 8 rings (SSSR count). The number of halogens is 2. The third kappa shape index (κ3) is 8.30. The number of hydrogen-bond acceptors (Lipinski definition) is 0. The fourth-order valence-electron chi connectivity index (χ4n) is 7.36. The summed E-state index contributed by atoms with van der Waals surface area (Å²) < 4.78 is 1.60. The van der Waals surface area contributed by atoms with Gasteiger partial charge in [-0.3, -0.25) is 12.2 Å². The van der Waals surface area contributed by atoms with Crippen LogP contribution in [0.15, 0.2) is 109 Å². The zero-order valence-corrected chi connectivity index (χ0v) is 32.9. The summed E-state index contributed by atoms with van der Waals surface area (Å²) in [5.74, 6) is 0. The van der Waals surface area contributed by atoms with Gasteiger partial charge in [0.1, 0.15) is 0 Å². The molecule has 0 bridgehead atoms. The van der Waals surface area contributed by atoms with Crippen molar-refractivity contribution in [2.45, 2.75) is 78.1 Å². The first-order chi connectivity index (χ1) is 22.0. The molecule has 0 radical (unpaired) electrons. The van der Waals surface area contributed by atoms with Crippen LogP contribution in [0.4, 0.5) is 0 Å². The molecular formula is C45H44Cl2Zr-2. The van der Waals surface area contributed by atoms with Crippen LogP contribution in [0.25, 0.3) is 22.3 Å². The summed E-state index contributed by atoms with van der Waals surface area (Å²) in [4.78, 5) is 0. The van der Waals surface area contributed by atoms with Crippen LogP contribution in [0.3, 0.4) is 0 Å². The van der Waals surface area contributed by atoms with E-state index in [0.29, 0.717) is 0 Å². The molecule has 0 N–H and O–H groups in total. The maximum absolute atomic E-state index is 3.65. The van der Waals surface area contributed by atoms with Gasteiger partial charge in [-0.15, -0.1) is 18.1 Å². The predicted molar refractivity (Wildman–Crippen MR) is 194 cm³/mol. The predicted octanol–water partition coefficient (Wildman–Crippen LogP) is 4.95. The van der Waals surface area contributed by atoms with Gasteiger partial charge in [-0.05, 0) is 58.4 Å². The van der Waals surface area contributed by atoms with Gasteiger partial charge in [-0.25, -0.2) is 17.7 Å². The van der Waals surface area contributed by atoms with E-state index in [4.69, 9.17) is 0 Å². The first kappa shape index (κ1) is 38.0. The van der Waals surface area contributed by atoms with Crippen molar-refractivity contribution in [3.05, 3.63) is 166 Å². The van der Waals surface area contributed by atoms with Crippen molar-refractivity contribution in [3.8, 4) is 11.1 Å². The van der Waals surface area contributed by atoms with E-state index in [1.807, 2.05) is 12.2 Å². The van der Waals surface area contributed by atoms with Crippen molar-refractivity contribution in [3.63, 3.8) is 0 Å². The minimum atomic E-state index is 0. The number of allylic oxidation sites excluding steroid dienone is 8. The second-order valence-electron chi connectivity index (χ2n) is 14.1. The second-order valence-corrected chi connectivity index (χ2v) is 15.9. The zero-order chi connectivity index (χ0) is 32.5. The van der Waals surface area contributed by atoms with Gasteiger partial charge >= 0.3 is 112 Å². The van der Waals surface area contributed by atoms with E-state index in [0.717, 1.165) is 25.7 Å². The van der Waals surface area contributed by atoms with Gasteiger partial charge in [0, 0.05) is 5.41 Å². The summed E-state index contributed by atoms with van der Waals surface area (Å²) in [5.41, 5.74) is 17.4. The first-order valence-corrected chi connectivity index (χ1v) is 17.8. The molecule has 0 saturated heterocycles. The first-order valence-electron chi connectivity index (χ1n) is 16.5. The van der Waals surface area contributed by atoms with E-state index in [9.17, 15) is 0 Å². The van der Waals surface area contributed by atoms with Crippen LogP contribution < -0.4 is 24.8 Å². The summed E-state index contributed by atoms with van der Waals surface area (Å²) >= 11 is 1.55. The van der Waals surface area contributed by atoms with E-state index in [1.165, 1.54) is 66.8 Å². The van der Waals surface area contributed by atoms with Crippen LogP contribution in [0.1, 0.15) is 92.5 Å². The van der Waals surface area contributed by atoms with Crippen LogP contribution in [-0.4, -0.2) is 3.21 Å². The molecule has 244 valence electrons. The van der Waals surface area contributed by atoms with Gasteiger partial charge in [0.05, 0.1) is 0 Å². The normalized spacial score (nSPS) is 15.9. The van der Waals surface area contributed by atoms with Crippen LogP contribution >= 0.6 is 0 Å². The SMILES string of the molecule is CC1=[C-]C(C)(C)c2cc3c(cc21)-c1cc2c(cc1C3)C(C)(C)C=C2C.[C-]1=CC=CC1.[Cl-].[Cl-].[Zr+2]=[C](Cc1ccccc1)Cc1ccccc1. The fraction of sp³-hybridized carbons (Fsp3) is 0.267. The quantitative estimate of drug-likeness (QED) is 0.229. The Hall–Kier alpha value is -2.83. The van der Waals surface area contributed by atoms with Crippen molar-refractivity contribution in [2.24, 2.45) is 0 Å². The molecule has 4 aromatic rings. The second kappa shape index (κ2) is 15.8. The summed E-state index contributed by atoms with van der Waals surface area (Å²) in [6.07, 6.45) is 19.4. The molecule has 4 aliphatic rings. The van der Waals surface area contributed by atoms with Crippen LogP contribution in [0.2, 0.25) is 0 Å². The third-order valence-electron chi connectivity index (χ3n) is 9.54. The van der Waals surface area contributed by atoms with Crippen LogP contribution in [0, 0.1) is 12.2 Å². The summed E-state index contributed by atoms with van der Waals surface area (Å²) in [6, 6.07) is 31.2. The van der Waals surface area contributed by atoms with Crippen molar-refractivity contribution < 1.29 is 49.0 Å².